The Morgan fingerprint density at radius 2 is 1.95 bits per heavy atom. The Balaban J connectivity index is 1.94. The van der Waals surface area contributed by atoms with E-state index in [1.54, 1.807) is 29.1 Å². The lowest BCUT2D eigenvalue weighted by molar-refractivity contribution is -0.255. The summed E-state index contributed by atoms with van der Waals surface area (Å²) in [5.74, 6) is -1.48. The highest BCUT2D eigenvalue weighted by Crippen LogP contribution is 2.04. The first-order valence-electron chi connectivity index (χ1n) is 6.22. The van der Waals surface area contributed by atoms with Gasteiger partial charge in [0.05, 0.1) is 5.97 Å². The van der Waals surface area contributed by atoms with Crippen molar-refractivity contribution in [1.29, 1.82) is 0 Å². The number of carboxylic acid groups (broad SMARTS) is 1. The smallest absolute Gasteiger partial charge is 0.272 e. The highest BCUT2D eigenvalue weighted by Gasteiger charge is 2.08. The van der Waals surface area contributed by atoms with Crippen molar-refractivity contribution in [1.82, 2.24) is 15.1 Å². The van der Waals surface area contributed by atoms with Crippen molar-refractivity contribution in [3.8, 4) is 0 Å². The summed E-state index contributed by atoms with van der Waals surface area (Å²) in [5.41, 5.74) is 1.28. The number of carbonyl (C=O) groups is 2. The molecule has 104 valence electrons. The van der Waals surface area contributed by atoms with E-state index in [1.165, 1.54) is 12.1 Å². The van der Waals surface area contributed by atoms with Crippen LogP contribution in [0.4, 0.5) is 0 Å². The quantitative estimate of drug-likeness (QED) is 0.842. The van der Waals surface area contributed by atoms with Gasteiger partial charge >= 0.3 is 0 Å². The van der Waals surface area contributed by atoms with Gasteiger partial charge in [0.1, 0.15) is 5.69 Å². The Hall–Kier alpha value is -2.63. The second-order valence-corrected chi connectivity index (χ2v) is 4.22. The number of aromatic nitrogens is 2. The van der Waals surface area contributed by atoms with Crippen LogP contribution in [-0.2, 0) is 13.1 Å². The lowest BCUT2D eigenvalue weighted by Gasteiger charge is -2.06. The number of hydrogen-bond donors (Lipinski definition) is 1. The van der Waals surface area contributed by atoms with Crippen LogP contribution in [0, 0.1) is 0 Å². The molecule has 1 heterocycles. The molecule has 6 heteroatoms. The zero-order chi connectivity index (χ0) is 14.5. The maximum Gasteiger partial charge on any atom is 0.272 e. The largest absolute Gasteiger partial charge is 0.545 e. The number of rotatable bonds is 5. The Labute approximate surface area is 116 Å². The monoisotopic (exact) mass is 272 g/mol. The molecule has 1 aromatic heterocycles. The van der Waals surface area contributed by atoms with Crippen molar-refractivity contribution in [3.63, 3.8) is 0 Å². The predicted molar refractivity (Wildman–Crippen MR) is 69.8 cm³/mol. The van der Waals surface area contributed by atoms with Gasteiger partial charge in [-0.05, 0) is 24.1 Å². The van der Waals surface area contributed by atoms with E-state index in [-0.39, 0.29) is 11.5 Å². The highest BCUT2D eigenvalue weighted by atomic mass is 16.4. The molecule has 0 fully saturated rings. The third-order valence-corrected chi connectivity index (χ3v) is 2.84. The van der Waals surface area contributed by atoms with Gasteiger partial charge in [-0.1, -0.05) is 24.3 Å². The molecule has 1 N–H and O–H groups in total. The Morgan fingerprint density at radius 1 is 1.25 bits per heavy atom. The van der Waals surface area contributed by atoms with Crippen LogP contribution in [-0.4, -0.2) is 21.7 Å². The van der Waals surface area contributed by atoms with Crippen LogP contribution >= 0.6 is 0 Å². The summed E-state index contributed by atoms with van der Waals surface area (Å²) < 4.78 is 1.67. The number of aryl methyl sites for hydroxylation is 1. The first kappa shape index (κ1) is 13.8. The number of carbonyl (C=O) groups excluding carboxylic acids is 2. The number of amides is 1. The van der Waals surface area contributed by atoms with E-state index in [2.05, 4.69) is 10.4 Å². The lowest BCUT2D eigenvalue weighted by atomic mass is 10.1. The van der Waals surface area contributed by atoms with Crippen molar-refractivity contribution in [2.45, 2.75) is 20.0 Å². The summed E-state index contributed by atoms with van der Waals surface area (Å²) in [6, 6.07) is 7.81. The van der Waals surface area contributed by atoms with Crippen LogP contribution in [0.15, 0.2) is 36.5 Å². The Bertz CT molecular complexity index is 617. The third kappa shape index (κ3) is 3.23. The lowest BCUT2D eigenvalue weighted by Crippen LogP contribution is -2.24. The molecule has 0 spiro atoms. The van der Waals surface area contributed by atoms with Crippen LogP contribution in [0.2, 0.25) is 0 Å². The van der Waals surface area contributed by atoms with E-state index in [9.17, 15) is 14.7 Å². The van der Waals surface area contributed by atoms with E-state index in [0.29, 0.717) is 18.8 Å². The second-order valence-electron chi connectivity index (χ2n) is 4.22. The van der Waals surface area contributed by atoms with Gasteiger partial charge in [0, 0.05) is 19.3 Å². The second kappa shape index (κ2) is 6.01. The summed E-state index contributed by atoms with van der Waals surface area (Å²) in [5, 5.41) is 17.4. The van der Waals surface area contributed by atoms with Crippen molar-refractivity contribution in [3.05, 3.63) is 53.3 Å². The van der Waals surface area contributed by atoms with Gasteiger partial charge in [-0.2, -0.15) is 5.10 Å². The van der Waals surface area contributed by atoms with Gasteiger partial charge < -0.3 is 15.2 Å². The minimum Gasteiger partial charge on any atom is -0.545 e. The molecule has 0 saturated carbocycles. The summed E-state index contributed by atoms with van der Waals surface area (Å²) in [4.78, 5) is 22.4. The predicted octanol–water partition coefficient (Wildman–Crippen LogP) is 0.196. The third-order valence-electron chi connectivity index (χ3n) is 2.84. The fourth-order valence-corrected chi connectivity index (χ4v) is 1.69. The minimum atomic E-state index is -1.22. The van der Waals surface area contributed by atoms with Crippen molar-refractivity contribution < 1.29 is 14.7 Å². The van der Waals surface area contributed by atoms with Gasteiger partial charge in [-0.3, -0.25) is 9.48 Å². The fraction of sp³-hybridized carbons (Fsp3) is 0.214. The average Bonchev–Trinajstić information content (AvgIpc) is 2.94. The molecule has 0 saturated heterocycles. The van der Waals surface area contributed by atoms with E-state index < -0.39 is 5.97 Å². The molecule has 6 nitrogen and oxygen atoms in total. The van der Waals surface area contributed by atoms with Gasteiger partial charge in [-0.15, -0.1) is 0 Å². The molecule has 1 amide bonds. The van der Waals surface area contributed by atoms with Gasteiger partial charge in [0.25, 0.3) is 5.91 Å². The molecule has 20 heavy (non-hydrogen) atoms. The summed E-state index contributed by atoms with van der Waals surface area (Å²) >= 11 is 0. The molecule has 0 aliphatic carbocycles. The zero-order valence-electron chi connectivity index (χ0n) is 11.0. The topological polar surface area (TPSA) is 87.0 Å². The Kier molecular flexibility index (Phi) is 4.14. The standard InChI is InChI=1S/C14H15N3O3/c1-2-17-8-7-12(16-17)13(18)15-9-10-3-5-11(6-4-10)14(19)20/h3-8H,2,9H2,1H3,(H,15,18)(H,19,20)/p-1. The van der Waals surface area contributed by atoms with Crippen LogP contribution in [0.25, 0.3) is 0 Å². The van der Waals surface area contributed by atoms with E-state index in [1.807, 2.05) is 6.92 Å². The van der Waals surface area contributed by atoms with E-state index in [0.717, 1.165) is 5.56 Å². The zero-order valence-corrected chi connectivity index (χ0v) is 11.0. The molecule has 0 unspecified atom stereocenters. The number of nitrogens with one attached hydrogen (secondary N) is 1. The summed E-state index contributed by atoms with van der Waals surface area (Å²) in [6.45, 7) is 2.96. The Morgan fingerprint density at radius 3 is 2.50 bits per heavy atom. The average molecular weight is 272 g/mol. The molecule has 0 aliphatic heterocycles. The van der Waals surface area contributed by atoms with Crippen molar-refractivity contribution in [2.75, 3.05) is 0 Å². The van der Waals surface area contributed by atoms with Crippen LogP contribution in [0.5, 0.6) is 0 Å². The molecular weight excluding hydrogens is 258 g/mol. The number of carboxylic acids is 1. The van der Waals surface area contributed by atoms with Crippen LogP contribution < -0.4 is 10.4 Å². The number of aromatic carboxylic acids is 1. The molecule has 1 aromatic carbocycles. The summed E-state index contributed by atoms with van der Waals surface area (Å²) in [6.07, 6.45) is 1.74. The van der Waals surface area contributed by atoms with E-state index >= 15 is 0 Å². The van der Waals surface area contributed by atoms with Crippen molar-refractivity contribution >= 4 is 11.9 Å². The van der Waals surface area contributed by atoms with Gasteiger partial charge in [0.15, 0.2) is 0 Å². The highest BCUT2D eigenvalue weighted by molar-refractivity contribution is 5.92. The number of nitrogens with zero attached hydrogens (tertiary/aromatic N) is 2. The maximum atomic E-state index is 11.8. The number of hydrogen-bond acceptors (Lipinski definition) is 4. The van der Waals surface area contributed by atoms with Crippen LogP contribution in [0.1, 0.15) is 33.3 Å². The van der Waals surface area contributed by atoms with Gasteiger partial charge in [0.2, 0.25) is 0 Å². The van der Waals surface area contributed by atoms with Crippen LogP contribution in [0.3, 0.4) is 0 Å². The molecular formula is C14H14N3O3-. The first-order chi connectivity index (χ1) is 9.60. The fourth-order valence-electron chi connectivity index (χ4n) is 1.69. The molecule has 0 atom stereocenters. The molecule has 0 bridgehead atoms. The van der Waals surface area contributed by atoms with Gasteiger partial charge in [-0.25, -0.2) is 0 Å². The molecule has 0 radical (unpaired) electrons. The van der Waals surface area contributed by atoms with E-state index in [4.69, 9.17) is 0 Å². The molecule has 0 aliphatic rings. The first-order valence-corrected chi connectivity index (χ1v) is 6.22. The molecule has 2 rings (SSSR count). The normalized spacial score (nSPS) is 10.2. The molecule has 2 aromatic rings. The summed E-state index contributed by atoms with van der Waals surface area (Å²) in [7, 11) is 0. The minimum absolute atomic E-state index is 0.113. The maximum absolute atomic E-state index is 11.8. The van der Waals surface area contributed by atoms with Crippen molar-refractivity contribution in [2.24, 2.45) is 0 Å². The number of benzene rings is 1. The SMILES string of the molecule is CCn1ccc(C(=O)NCc2ccc(C(=O)[O-])cc2)n1.